The third-order valence-corrected chi connectivity index (χ3v) is 3.55. The zero-order valence-electron chi connectivity index (χ0n) is 12.3. The highest BCUT2D eigenvalue weighted by molar-refractivity contribution is 5.25. The van der Waals surface area contributed by atoms with Crippen molar-refractivity contribution < 1.29 is 10.2 Å². The number of aliphatic hydroxyl groups excluding tert-OH is 1. The molecule has 2 unspecified atom stereocenters. The van der Waals surface area contributed by atoms with Gasteiger partial charge in [-0.05, 0) is 49.8 Å². The first-order chi connectivity index (χ1) is 9.02. The predicted octanol–water partition coefficient (Wildman–Crippen LogP) is 2.71. The zero-order chi connectivity index (χ0) is 14.3. The number of aliphatic hydroxyl groups is 1. The lowest BCUT2D eigenvalue weighted by atomic mass is 9.99. The summed E-state index contributed by atoms with van der Waals surface area (Å²) in [5.74, 6) is 0.848. The van der Waals surface area contributed by atoms with Crippen molar-refractivity contribution in [3.05, 3.63) is 29.8 Å². The average molecular weight is 265 g/mol. The number of aromatic hydroxyl groups is 1. The third-order valence-electron chi connectivity index (χ3n) is 3.55. The molecule has 2 atom stereocenters. The molecule has 0 bridgehead atoms. The Kier molecular flexibility index (Phi) is 6.89. The van der Waals surface area contributed by atoms with Crippen LogP contribution in [0.25, 0.3) is 0 Å². The highest BCUT2D eigenvalue weighted by Crippen LogP contribution is 2.13. The molecule has 0 aliphatic rings. The predicted molar refractivity (Wildman–Crippen MR) is 79.4 cm³/mol. The van der Waals surface area contributed by atoms with Crippen LogP contribution in [0, 0.1) is 5.92 Å². The molecule has 0 heterocycles. The largest absolute Gasteiger partial charge is 0.508 e. The Hall–Kier alpha value is -1.06. The van der Waals surface area contributed by atoms with E-state index in [-0.39, 0.29) is 6.61 Å². The highest BCUT2D eigenvalue weighted by atomic mass is 16.3. The number of hydrogen-bond acceptors (Lipinski definition) is 3. The van der Waals surface area contributed by atoms with E-state index in [2.05, 4.69) is 26.1 Å². The van der Waals surface area contributed by atoms with Crippen LogP contribution in [-0.4, -0.2) is 28.9 Å². The second kappa shape index (κ2) is 8.18. The number of nitrogens with one attached hydrogen (secondary N) is 1. The van der Waals surface area contributed by atoms with Crippen molar-refractivity contribution in [2.24, 2.45) is 5.92 Å². The molecule has 1 aromatic carbocycles. The number of hydrogen-bond donors (Lipinski definition) is 3. The molecule has 0 aliphatic carbocycles. The zero-order valence-corrected chi connectivity index (χ0v) is 12.3. The number of aryl methyl sites for hydroxylation is 1. The second-order valence-electron chi connectivity index (χ2n) is 5.64. The first-order valence-electron chi connectivity index (χ1n) is 7.17. The normalized spacial score (nSPS) is 14.6. The lowest BCUT2D eigenvalue weighted by Crippen LogP contribution is -2.40. The fraction of sp³-hybridized carbons (Fsp3) is 0.625. The van der Waals surface area contributed by atoms with Crippen LogP contribution in [0.15, 0.2) is 24.3 Å². The molecule has 0 spiro atoms. The van der Waals surface area contributed by atoms with Gasteiger partial charge < -0.3 is 15.5 Å². The van der Waals surface area contributed by atoms with E-state index in [4.69, 9.17) is 5.11 Å². The van der Waals surface area contributed by atoms with Gasteiger partial charge >= 0.3 is 0 Å². The number of benzene rings is 1. The molecule has 0 radical (unpaired) electrons. The van der Waals surface area contributed by atoms with Crippen molar-refractivity contribution in [2.75, 3.05) is 6.61 Å². The van der Waals surface area contributed by atoms with Gasteiger partial charge in [0.25, 0.3) is 0 Å². The van der Waals surface area contributed by atoms with E-state index in [1.807, 2.05) is 12.1 Å². The summed E-state index contributed by atoms with van der Waals surface area (Å²) in [5, 5.41) is 21.9. The van der Waals surface area contributed by atoms with E-state index < -0.39 is 0 Å². The molecule has 0 saturated heterocycles. The monoisotopic (exact) mass is 265 g/mol. The van der Waals surface area contributed by atoms with E-state index in [0.717, 1.165) is 19.3 Å². The maximum atomic E-state index is 9.24. The molecule has 0 fully saturated rings. The molecule has 3 heteroatoms. The van der Waals surface area contributed by atoms with E-state index in [1.54, 1.807) is 12.1 Å². The molecule has 1 aromatic rings. The number of phenolic OH excluding ortho intramolecular Hbond substituents is 1. The minimum absolute atomic E-state index is 0.237. The van der Waals surface area contributed by atoms with Gasteiger partial charge in [-0.25, -0.2) is 0 Å². The maximum Gasteiger partial charge on any atom is 0.115 e. The van der Waals surface area contributed by atoms with Gasteiger partial charge in [-0.1, -0.05) is 26.0 Å². The molecule has 0 aromatic heterocycles. The summed E-state index contributed by atoms with van der Waals surface area (Å²) in [4.78, 5) is 0. The lowest BCUT2D eigenvalue weighted by molar-refractivity contribution is 0.235. The quantitative estimate of drug-likeness (QED) is 0.677. The van der Waals surface area contributed by atoms with Crippen LogP contribution in [0.1, 0.15) is 39.2 Å². The summed E-state index contributed by atoms with van der Waals surface area (Å²) in [7, 11) is 0. The summed E-state index contributed by atoms with van der Waals surface area (Å²) < 4.78 is 0. The van der Waals surface area contributed by atoms with Crippen molar-refractivity contribution in [2.45, 2.75) is 52.1 Å². The number of phenols is 1. The maximum absolute atomic E-state index is 9.24. The van der Waals surface area contributed by atoms with E-state index in [9.17, 15) is 5.11 Å². The van der Waals surface area contributed by atoms with Crippen molar-refractivity contribution >= 4 is 0 Å². The minimum Gasteiger partial charge on any atom is -0.508 e. The summed E-state index contributed by atoms with van der Waals surface area (Å²) in [6, 6.07) is 8.20. The summed E-state index contributed by atoms with van der Waals surface area (Å²) in [6.45, 7) is 6.79. The van der Waals surface area contributed by atoms with Crippen molar-refractivity contribution in [3.63, 3.8) is 0 Å². The Balaban J connectivity index is 2.37. The smallest absolute Gasteiger partial charge is 0.115 e. The Labute approximate surface area is 116 Å². The van der Waals surface area contributed by atoms with Crippen LogP contribution in [0.5, 0.6) is 5.75 Å². The molecule has 3 nitrogen and oxygen atoms in total. The van der Waals surface area contributed by atoms with E-state index in [0.29, 0.717) is 23.8 Å². The fourth-order valence-corrected chi connectivity index (χ4v) is 2.24. The van der Waals surface area contributed by atoms with Gasteiger partial charge in [-0.3, -0.25) is 0 Å². The molecule has 0 amide bonds. The standard InChI is InChI=1S/C16H27NO2/c1-12(2)16(10-11-18)17-13(3)4-5-14-6-8-15(19)9-7-14/h6-9,12-13,16-19H,4-5,10-11H2,1-3H3. The topological polar surface area (TPSA) is 52.5 Å². The van der Waals surface area contributed by atoms with E-state index in [1.165, 1.54) is 5.56 Å². The van der Waals surface area contributed by atoms with Crippen LogP contribution in [-0.2, 0) is 6.42 Å². The molecule has 108 valence electrons. The van der Waals surface area contributed by atoms with Crippen molar-refractivity contribution in [1.29, 1.82) is 0 Å². The molecule has 0 saturated carbocycles. The molecule has 19 heavy (non-hydrogen) atoms. The first-order valence-corrected chi connectivity index (χ1v) is 7.17. The van der Waals surface area contributed by atoms with Crippen LogP contribution >= 0.6 is 0 Å². The van der Waals surface area contributed by atoms with Crippen molar-refractivity contribution in [1.82, 2.24) is 5.32 Å². The van der Waals surface area contributed by atoms with Crippen LogP contribution in [0.2, 0.25) is 0 Å². The molecular weight excluding hydrogens is 238 g/mol. The van der Waals surface area contributed by atoms with Crippen LogP contribution in [0.3, 0.4) is 0 Å². The Bertz CT molecular complexity index is 348. The number of rotatable bonds is 8. The van der Waals surface area contributed by atoms with Gasteiger partial charge in [0.1, 0.15) is 5.75 Å². The van der Waals surface area contributed by atoms with Crippen LogP contribution in [0.4, 0.5) is 0 Å². The lowest BCUT2D eigenvalue weighted by Gasteiger charge is -2.26. The molecule has 1 rings (SSSR count). The van der Waals surface area contributed by atoms with Gasteiger partial charge in [0, 0.05) is 18.7 Å². The molecule has 3 N–H and O–H groups in total. The third kappa shape index (κ3) is 6.08. The van der Waals surface area contributed by atoms with E-state index >= 15 is 0 Å². The SMILES string of the molecule is CC(CCc1ccc(O)cc1)NC(CCO)C(C)C. The Morgan fingerprint density at radius 1 is 1.05 bits per heavy atom. The second-order valence-corrected chi connectivity index (χ2v) is 5.64. The van der Waals surface area contributed by atoms with Gasteiger partial charge in [0.2, 0.25) is 0 Å². The van der Waals surface area contributed by atoms with Gasteiger partial charge in [-0.15, -0.1) is 0 Å². The van der Waals surface area contributed by atoms with Crippen molar-refractivity contribution in [3.8, 4) is 5.75 Å². The summed E-state index contributed by atoms with van der Waals surface area (Å²) in [5.41, 5.74) is 1.25. The summed E-state index contributed by atoms with van der Waals surface area (Å²) >= 11 is 0. The highest BCUT2D eigenvalue weighted by Gasteiger charge is 2.15. The van der Waals surface area contributed by atoms with Gasteiger partial charge in [0.15, 0.2) is 0 Å². The first kappa shape index (κ1) is 16.0. The molecular formula is C16H27NO2. The molecule has 0 aliphatic heterocycles. The summed E-state index contributed by atoms with van der Waals surface area (Å²) in [6.07, 6.45) is 2.86. The Morgan fingerprint density at radius 3 is 2.21 bits per heavy atom. The van der Waals surface area contributed by atoms with Gasteiger partial charge in [0.05, 0.1) is 0 Å². The minimum atomic E-state index is 0.237. The average Bonchev–Trinajstić information content (AvgIpc) is 2.37. The van der Waals surface area contributed by atoms with Crippen LogP contribution < -0.4 is 5.32 Å². The fourth-order valence-electron chi connectivity index (χ4n) is 2.24. The van der Waals surface area contributed by atoms with Gasteiger partial charge in [-0.2, -0.15) is 0 Å². The Morgan fingerprint density at radius 2 is 1.68 bits per heavy atom.